The van der Waals surface area contributed by atoms with E-state index in [1.54, 1.807) is 6.07 Å². The van der Waals surface area contributed by atoms with E-state index in [1.807, 2.05) is 24.3 Å². The van der Waals surface area contributed by atoms with Gasteiger partial charge in [0, 0.05) is 18.5 Å². The zero-order chi connectivity index (χ0) is 12.5. The Morgan fingerprint density at radius 2 is 2.06 bits per heavy atom. The predicted octanol–water partition coefficient (Wildman–Crippen LogP) is 2.75. The molecule has 0 aliphatic carbocycles. The van der Waals surface area contributed by atoms with Crippen LogP contribution in [0.1, 0.15) is 5.56 Å². The molecule has 0 bridgehead atoms. The molecule has 92 valence electrons. The number of benzene rings is 2. The molecule has 3 heteroatoms. The van der Waals surface area contributed by atoms with E-state index in [-0.39, 0.29) is 11.9 Å². The lowest BCUT2D eigenvalue weighted by Crippen LogP contribution is -2.24. The normalized spacial score (nSPS) is 17.3. The smallest absolute Gasteiger partial charge is 0.130 e. The number of rotatable bonds is 2. The van der Waals surface area contributed by atoms with E-state index < -0.39 is 0 Å². The van der Waals surface area contributed by atoms with Gasteiger partial charge in [-0.1, -0.05) is 30.3 Å². The summed E-state index contributed by atoms with van der Waals surface area (Å²) in [6.07, 6.45) is 0.865. The van der Waals surface area contributed by atoms with Crippen LogP contribution in [0, 0.1) is 5.82 Å². The van der Waals surface area contributed by atoms with E-state index in [0.717, 1.165) is 28.9 Å². The average Bonchev–Trinajstić information content (AvgIpc) is 2.81. The highest BCUT2D eigenvalue weighted by Gasteiger charge is 2.24. The van der Waals surface area contributed by atoms with Gasteiger partial charge < -0.3 is 10.5 Å². The highest BCUT2D eigenvalue weighted by atomic mass is 19.1. The Kier molecular flexibility index (Phi) is 2.76. The van der Waals surface area contributed by atoms with Crippen LogP contribution in [0.15, 0.2) is 42.5 Å². The molecular weight excluding hydrogens is 229 g/mol. The molecule has 18 heavy (non-hydrogen) atoms. The van der Waals surface area contributed by atoms with Crippen molar-refractivity contribution in [1.82, 2.24) is 0 Å². The number of halogens is 1. The Morgan fingerprint density at radius 3 is 2.83 bits per heavy atom. The fraction of sp³-hybridized carbons (Fsp3) is 0.200. The molecule has 0 saturated carbocycles. The first-order chi connectivity index (χ1) is 8.78. The van der Waals surface area contributed by atoms with Gasteiger partial charge in [0.25, 0.3) is 0 Å². The van der Waals surface area contributed by atoms with Gasteiger partial charge in [0.1, 0.15) is 17.7 Å². The predicted molar refractivity (Wildman–Crippen MR) is 69.0 cm³/mol. The highest BCUT2D eigenvalue weighted by Crippen LogP contribution is 2.38. The minimum Gasteiger partial charge on any atom is -0.488 e. The molecule has 2 nitrogen and oxygen atoms in total. The van der Waals surface area contributed by atoms with E-state index in [4.69, 9.17) is 10.5 Å². The van der Waals surface area contributed by atoms with Crippen LogP contribution < -0.4 is 10.5 Å². The van der Waals surface area contributed by atoms with Crippen molar-refractivity contribution in [3.63, 3.8) is 0 Å². The van der Waals surface area contributed by atoms with Crippen LogP contribution >= 0.6 is 0 Å². The molecule has 0 unspecified atom stereocenters. The number of hydrogen-bond acceptors (Lipinski definition) is 2. The van der Waals surface area contributed by atoms with Gasteiger partial charge in [-0.25, -0.2) is 4.39 Å². The third kappa shape index (κ3) is 1.87. The topological polar surface area (TPSA) is 35.2 Å². The monoisotopic (exact) mass is 243 g/mol. The summed E-state index contributed by atoms with van der Waals surface area (Å²) in [5, 5.41) is 0. The minimum absolute atomic E-state index is 0.0368. The molecule has 1 heterocycles. The Hall–Kier alpha value is -1.87. The van der Waals surface area contributed by atoms with E-state index in [9.17, 15) is 4.39 Å². The molecule has 0 amide bonds. The van der Waals surface area contributed by atoms with Crippen molar-refractivity contribution < 1.29 is 9.13 Å². The van der Waals surface area contributed by atoms with Gasteiger partial charge in [0.15, 0.2) is 0 Å². The molecule has 2 aromatic rings. The second-order valence-corrected chi connectivity index (χ2v) is 4.48. The van der Waals surface area contributed by atoms with Gasteiger partial charge in [-0.15, -0.1) is 0 Å². The van der Waals surface area contributed by atoms with Crippen molar-refractivity contribution in [2.45, 2.75) is 12.5 Å². The maximum absolute atomic E-state index is 13.3. The summed E-state index contributed by atoms with van der Waals surface area (Å²) in [7, 11) is 0. The molecule has 0 saturated heterocycles. The van der Waals surface area contributed by atoms with Crippen LogP contribution in [0.2, 0.25) is 0 Å². The molecule has 1 aliphatic rings. The van der Waals surface area contributed by atoms with Gasteiger partial charge >= 0.3 is 0 Å². The van der Waals surface area contributed by atoms with Crippen molar-refractivity contribution in [2.75, 3.05) is 6.54 Å². The van der Waals surface area contributed by atoms with Crippen molar-refractivity contribution in [3.05, 3.63) is 53.8 Å². The van der Waals surface area contributed by atoms with E-state index >= 15 is 0 Å². The van der Waals surface area contributed by atoms with Crippen molar-refractivity contribution in [1.29, 1.82) is 0 Å². The maximum Gasteiger partial charge on any atom is 0.130 e. The molecule has 0 radical (unpaired) electrons. The Labute approximate surface area is 105 Å². The molecule has 1 atom stereocenters. The number of hydrogen-bond donors (Lipinski definition) is 1. The van der Waals surface area contributed by atoms with Crippen LogP contribution in [0.4, 0.5) is 4.39 Å². The van der Waals surface area contributed by atoms with Gasteiger partial charge in [0.2, 0.25) is 0 Å². The highest BCUT2D eigenvalue weighted by molar-refractivity contribution is 5.73. The van der Waals surface area contributed by atoms with Crippen molar-refractivity contribution in [3.8, 4) is 16.9 Å². The summed E-state index contributed by atoms with van der Waals surface area (Å²) in [6.45, 7) is 0.497. The van der Waals surface area contributed by atoms with Gasteiger partial charge in [-0.3, -0.25) is 0 Å². The number of para-hydroxylation sites is 1. The molecule has 3 rings (SSSR count). The van der Waals surface area contributed by atoms with Gasteiger partial charge in [0.05, 0.1) is 0 Å². The lowest BCUT2D eigenvalue weighted by molar-refractivity contribution is 0.242. The zero-order valence-electron chi connectivity index (χ0n) is 9.90. The van der Waals surface area contributed by atoms with E-state index in [1.165, 1.54) is 12.1 Å². The fourth-order valence-corrected chi connectivity index (χ4v) is 2.35. The molecule has 0 fully saturated rings. The second-order valence-electron chi connectivity index (χ2n) is 4.48. The van der Waals surface area contributed by atoms with Crippen LogP contribution in [0.3, 0.4) is 0 Å². The Bertz CT molecular complexity index is 582. The van der Waals surface area contributed by atoms with Crippen LogP contribution in [-0.4, -0.2) is 12.6 Å². The average molecular weight is 243 g/mol. The first kappa shape index (κ1) is 11.2. The van der Waals surface area contributed by atoms with Crippen LogP contribution in [-0.2, 0) is 6.42 Å². The fourth-order valence-electron chi connectivity index (χ4n) is 2.35. The number of nitrogens with two attached hydrogens (primary N) is 1. The zero-order valence-corrected chi connectivity index (χ0v) is 9.90. The SMILES string of the molecule is NC[C@H]1Cc2cccc(-c3cccc(F)c3)c2O1. The van der Waals surface area contributed by atoms with E-state index in [2.05, 4.69) is 0 Å². The maximum atomic E-state index is 13.3. The Balaban J connectivity index is 2.08. The summed E-state index contributed by atoms with van der Waals surface area (Å²) < 4.78 is 19.1. The third-order valence-corrected chi connectivity index (χ3v) is 3.23. The summed E-state index contributed by atoms with van der Waals surface area (Å²) >= 11 is 0. The van der Waals surface area contributed by atoms with Gasteiger partial charge in [-0.05, 0) is 23.3 Å². The first-order valence-corrected chi connectivity index (χ1v) is 6.02. The van der Waals surface area contributed by atoms with Crippen LogP contribution in [0.5, 0.6) is 5.75 Å². The van der Waals surface area contributed by atoms with E-state index in [0.29, 0.717) is 6.54 Å². The summed E-state index contributed by atoms with van der Waals surface area (Å²) in [4.78, 5) is 0. The quantitative estimate of drug-likeness (QED) is 0.880. The minimum atomic E-state index is -0.238. The molecule has 2 aromatic carbocycles. The number of fused-ring (bicyclic) bond motifs is 1. The second kappa shape index (κ2) is 4.42. The standard InChI is InChI=1S/C15H14FNO/c16-12-5-1-3-10(7-12)14-6-2-4-11-8-13(9-17)18-15(11)14/h1-7,13H,8-9,17H2/t13-/m1/s1. The molecule has 0 spiro atoms. The van der Waals surface area contributed by atoms with Crippen molar-refractivity contribution >= 4 is 0 Å². The molecule has 2 N–H and O–H groups in total. The summed E-state index contributed by atoms with van der Waals surface area (Å²) in [6, 6.07) is 12.5. The van der Waals surface area contributed by atoms with Gasteiger partial charge in [-0.2, -0.15) is 0 Å². The first-order valence-electron chi connectivity index (χ1n) is 6.02. The number of ether oxygens (including phenoxy) is 1. The largest absolute Gasteiger partial charge is 0.488 e. The lowest BCUT2D eigenvalue weighted by atomic mass is 10.0. The molecule has 0 aromatic heterocycles. The molecular formula is C15H14FNO. The summed E-state index contributed by atoms with van der Waals surface area (Å²) in [5.41, 5.74) is 8.56. The Morgan fingerprint density at radius 1 is 1.22 bits per heavy atom. The molecule has 1 aliphatic heterocycles. The lowest BCUT2D eigenvalue weighted by Gasteiger charge is -2.10. The summed E-state index contributed by atoms with van der Waals surface area (Å²) in [5.74, 6) is 0.608. The van der Waals surface area contributed by atoms with Crippen LogP contribution in [0.25, 0.3) is 11.1 Å². The van der Waals surface area contributed by atoms with Crippen molar-refractivity contribution in [2.24, 2.45) is 5.73 Å². The third-order valence-electron chi connectivity index (χ3n) is 3.23.